The molecule has 1 aliphatic heterocycles. The van der Waals surface area contributed by atoms with Gasteiger partial charge < -0.3 is 10.2 Å². The fourth-order valence-electron chi connectivity index (χ4n) is 2.66. The first-order chi connectivity index (χ1) is 9.49. The first kappa shape index (κ1) is 15.6. The van der Waals surface area contributed by atoms with Crippen LogP contribution in [-0.2, 0) is 6.54 Å². The number of thioether (sulfide) groups is 1. The van der Waals surface area contributed by atoms with E-state index in [1.54, 1.807) is 0 Å². The van der Waals surface area contributed by atoms with E-state index in [2.05, 4.69) is 62.8 Å². The fourth-order valence-corrected chi connectivity index (χ4v) is 3.93. The lowest BCUT2D eigenvalue weighted by atomic mass is 10.1. The normalized spacial score (nSPS) is 18.8. The Bertz CT molecular complexity index is 453. The van der Waals surface area contributed by atoms with Crippen molar-refractivity contribution in [3.8, 4) is 0 Å². The van der Waals surface area contributed by atoms with E-state index in [9.17, 15) is 0 Å². The first-order valence-electron chi connectivity index (χ1n) is 7.50. The maximum atomic E-state index is 4.83. The molecule has 112 valence electrons. The molecule has 1 N–H and O–H groups in total. The zero-order valence-electron chi connectivity index (χ0n) is 13.4. The third kappa shape index (κ3) is 3.67. The molecule has 0 radical (unpaired) electrons. The number of aromatic nitrogens is 1. The van der Waals surface area contributed by atoms with E-state index in [0.717, 1.165) is 12.2 Å². The monoisotopic (exact) mass is 293 g/mol. The summed E-state index contributed by atoms with van der Waals surface area (Å²) in [6.07, 6.45) is 1.27. The van der Waals surface area contributed by atoms with Gasteiger partial charge in [0.25, 0.3) is 0 Å². The van der Waals surface area contributed by atoms with Gasteiger partial charge in [-0.2, -0.15) is 11.8 Å². The summed E-state index contributed by atoms with van der Waals surface area (Å²) in [5, 5.41) is 3.54. The summed E-state index contributed by atoms with van der Waals surface area (Å²) in [5.74, 6) is 3.67. The summed E-state index contributed by atoms with van der Waals surface area (Å²) >= 11 is 2.05. The molecule has 2 heterocycles. The van der Waals surface area contributed by atoms with Crippen LogP contribution in [0.1, 0.15) is 37.1 Å². The maximum Gasteiger partial charge on any atom is 0.133 e. The van der Waals surface area contributed by atoms with Gasteiger partial charge in [0.1, 0.15) is 5.82 Å². The molecule has 1 atom stereocenters. The molecule has 3 nitrogen and oxygen atoms in total. The van der Waals surface area contributed by atoms with Crippen LogP contribution in [0.4, 0.5) is 5.82 Å². The average Bonchev–Trinajstić information content (AvgIpc) is 2.89. The lowest BCUT2D eigenvalue weighted by Gasteiger charge is -2.28. The van der Waals surface area contributed by atoms with Crippen molar-refractivity contribution in [1.82, 2.24) is 10.3 Å². The van der Waals surface area contributed by atoms with Crippen LogP contribution in [0.25, 0.3) is 0 Å². The van der Waals surface area contributed by atoms with Gasteiger partial charge in [-0.25, -0.2) is 4.98 Å². The topological polar surface area (TPSA) is 28.2 Å². The molecule has 0 saturated carbocycles. The van der Waals surface area contributed by atoms with Crippen LogP contribution < -0.4 is 10.2 Å². The van der Waals surface area contributed by atoms with Crippen LogP contribution in [0.15, 0.2) is 6.07 Å². The molecular formula is C16H27N3S. The highest BCUT2D eigenvalue weighted by Gasteiger charge is 2.23. The van der Waals surface area contributed by atoms with Crippen molar-refractivity contribution in [2.75, 3.05) is 23.5 Å². The molecule has 0 amide bonds. The molecule has 20 heavy (non-hydrogen) atoms. The van der Waals surface area contributed by atoms with Gasteiger partial charge in [0.05, 0.1) is 0 Å². The average molecular weight is 293 g/mol. The largest absolute Gasteiger partial charge is 0.356 e. The summed E-state index contributed by atoms with van der Waals surface area (Å²) < 4.78 is 0. The summed E-state index contributed by atoms with van der Waals surface area (Å²) in [6.45, 7) is 9.57. The van der Waals surface area contributed by atoms with E-state index in [1.807, 2.05) is 0 Å². The second kappa shape index (κ2) is 6.81. The predicted molar refractivity (Wildman–Crippen MR) is 89.8 cm³/mol. The minimum Gasteiger partial charge on any atom is -0.356 e. The number of aryl methyl sites for hydroxylation is 2. The van der Waals surface area contributed by atoms with E-state index in [4.69, 9.17) is 4.98 Å². The number of nitrogens with one attached hydrogen (secondary N) is 1. The fraction of sp³-hybridized carbons (Fsp3) is 0.688. The number of pyridine rings is 1. The molecule has 1 fully saturated rings. The van der Waals surface area contributed by atoms with E-state index in [0.29, 0.717) is 12.1 Å². The van der Waals surface area contributed by atoms with E-state index in [-0.39, 0.29) is 0 Å². The smallest absolute Gasteiger partial charge is 0.133 e. The Hall–Kier alpha value is -0.740. The number of anilines is 1. The molecule has 0 spiro atoms. The second-order valence-corrected chi connectivity index (χ2v) is 7.20. The number of nitrogens with zero attached hydrogens (tertiary/aromatic N) is 2. The van der Waals surface area contributed by atoms with Crippen LogP contribution in [0.3, 0.4) is 0 Å². The van der Waals surface area contributed by atoms with Crippen LogP contribution in [0.2, 0.25) is 0 Å². The summed E-state index contributed by atoms with van der Waals surface area (Å²) in [7, 11) is 2.20. The van der Waals surface area contributed by atoms with Crippen molar-refractivity contribution in [3.05, 3.63) is 22.9 Å². The highest BCUT2D eigenvalue weighted by molar-refractivity contribution is 7.99. The molecule has 1 saturated heterocycles. The van der Waals surface area contributed by atoms with Gasteiger partial charge in [-0.3, -0.25) is 0 Å². The molecule has 0 aromatic carbocycles. The highest BCUT2D eigenvalue weighted by Crippen LogP contribution is 2.28. The lowest BCUT2D eigenvalue weighted by molar-refractivity contribution is 0.583. The molecule has 0 bridgehead atoms. The van der Waals surface area contributed by atoms with Gasteiger partial charge in [0.15, 0.2) is 0 Å². The Labute approximate surface area is 127 Å². The molecule has 4 heteroatoms. The maximum absolute atomic E-state index is 4.83. The van der Waals surface area contributed by atoms with Crippen molar-refractivity contribution in [1.29, 1.82) is 0 Å². The Morgan fingerprint density at radius 2 is 2.20 bits per heavy atom. The third-order valence-corrected chi connectivity index (χ3v) is 5.07. The lowest BCUT2D eigenvalue weighted by Crippen LogP contribution is -2.34. The molecule has 1 aromatic rings. The molecule has 0 aliphatic carbocycles. The minimum absolute atomic E-state index is 0.496. The van der Waals surface area contributed by atoms with E-state index < -0.39 is 0 Å². The van der Waals surface area contributed by atoms with Gasteiger partial charge in [0.2, 0.25) is 0 Å². The van der Waals surface area contributed by atoms with Gasteiger partial charge in [-0.15, -0.1) is 0 Å². The van der Waals surface area contributed by atoms with Crippen molar-refractivity contribution < 1.29 is 0 Å². The van der Waals surface area contributed by atoms with Crippen LogP contribution >= 0.6 is 11.8 Å². The standard InChI is InChI=1S/C16H27N3S/c1-11(2)17-9-15-12(3)8-13(4)18-16(15)19(5)14-6-7-20-10-14/h8,11,14,17H,6-7,9-10H2,1-5H3. The molecular weight excluding hydrogens is 266 g/mol. The van der Waals surface area contributed by atoms with E-state index in [1.165, 1.54) is 34.9 Å². The molecule has 1 aromatic heterocycles. The Balaban J connectivity index is 2.28. The summed E-state index contributed by atoms with van der Waals surface area (Å²) in [4.78, 5) is 7.23. The second-order valence-electron chi connectivity index (χ2n) is 6.05. The van der Waals surface area contributed by atoms with Crippen molar-refractivity contribution in [3.63, 3.8) is 0 Å². The van der Waals surface area contributed by atoms with Crippen LogP contribution in [-0.4, -0.2) is 35.6 Å². The Morgan fingerprint density at radius 3 is 2.80 bits per heavy atom. The van der Waals surface area contributed by atoms with Gasteiger partial charge >= 0.3 is 0 Å². The molecule has 1 unspecified atom stereocenters. The van der Waals surface area contributed by atoms with Crippen LogP contribution in [0, 0.1) is 13.8 Å². The Morgan fingerprint density at radius 1 is 1.45 bits per heavy atom. The van der Waals surface area contributed by atoms with Gasteiger partial charge in [-0.05, 0) is 37.7 Å². The summed E-state index contributed by atoms with van der Waals surface area (Å²) in [5.41, 5.74) is 3.81. The van der Waals surface area contributed by atoms with Crippen molar-refractivity contribution >= 4 is 17.6 Å². The molecule has 1 aliphatic rings. The summed E-state index contributed by atoms with van der Waals surface area (Å²) in [6, 6.07) is 3.32. The van der Waals surface area contributed by atoms with Crippen molar-refractivity contribution in [2.24, 2.45) is 0 Å². The quantitative estimate of drug-likeness (QED) is 0.903. The molecule has 2 rings (SSSR count). The van der Waals surface area contributed by atoms with Gasteiger partial charge in [-0.1, -0.05) is 13.8 Å². The Kier molecular flexibility index (Phi) is 5.33. The van der Waals surface area contributed by atoms with Crippen molar-refractivity contribution in [2.45, 2.75) is 52.7 Å². The van der Waals surface area contributed by atoms with E-state index >= 15 is 0 Å². The predicted octanol–water partition coefficient (Wildman–Crippen LogP) is 3.14. The minimum atomic E-state index is 0.496. The number of hydrogen-bond acceptors (Lipinski definition) is 4. The first-order valence-corrected chi connectivity index (χ1v) is 8.65. The highest BCUT2D eigenvalue weighted by atomic mass is 32.2. The zero-order valence-corrected chi connectivity index (χ0v) is 14.2. The number of rotatable bonds is 5. The third-order valence-electron chi connectivity index (χ3n) is 3.93. The SMILES string of the molecule is Cc1cc(C)c(CNC(C)C)c(N(C)C2CCSC2)n1. The van der Waals surface area contributed by atoms with Crippen LogP contribution in [0.5, 0.6) is 0 Å². The van der Waals surface area contributed by atoms with Gasteiger partial charge in [0, 0.05) is 42.7 Å². The number of hydrogen-bond donors (Lipinski definition) is 1. The zero-order chi connectivity index (χ0) is 14.7.